The van der Waals surface area contributed by atoms with Gasteiger partial charge in [0.15, 0.2) is 15.6 Å². The van der Waals surface area contributed by atoms with E-state index >= 15 is 0 Å². The molecule has 1 heterocycles. The second-order valence-electron chi connectivity index (χ2n) is 7.67. The number of sulfone groups is 1. The number of hydrogen-bond acceptors (Lipinski definition) is 5. The molecule has 0 radical (unpaired) electrons. The van der Waals surface area contributed by atoms with Gasteiger partial charge in [0.2, 0.25) is 0 Å². The van der Waals surface area contributed by atoms with Gasteiger partial charge >= 0.3 is 0 Å². The first kappa shape index (κ1) is 23.2. The molecule has 0 bridgehead atoms. The largest absolute Gasteiger partial charge is 0.455 e. The SMILES string of the molecule is O=C(NCCCSC1CCCCC1)c1ccc(CS(=O)(=O)Cc2cccc(Cl)c2)o1. The van der Waals surface area contributed by atoms with Gasteiger partial charge in [-0.3, -0.25) is 4.79 Å². The summed E-state index contributed by atoms with van der Waals surface area (Å²) in [7, 11) is -3.44. The van der Waals surface area contributed by atoms with E-state index in [2.05, 4.69) is 5.32 Å². The molecule has 1 aliphatic carbocycles. The maximum Gasteiger partial charge on any atom is 0.286 e. The summed E-state index contributed by atoms with van der Waals surface area (Å²) in [5, 5.41) is 4.12. The highest BCUT2D eigenvalue weighted by Gasteiger charge is 2.18. The van der Waals surface area contributed by atoms with Crippen LogP contribution in [0.5, 0.6) is 0 Å². The van der Waals surface area contributed by atoms with Gasteiger partial charge in [0, 0.05) is 16.8 Å². The molecular formula is C22H28ClNO4S2. The molecule has 8 heteroatoms. The van der Waals surface area contributed by atoms with Gasteiger partial charge in [0.25, 0.3) is 5.91 Å². The van der Waals surface area contributed by atoms with Gasteiger partial charge in [-0.15, -0.1) is 0 Å². The zero-order valence-corrected chi connectivity index (χ0v) is 19.3. The Bertz CT molecular complexity index is 936. The van der Waals surface area contributed by atoms with Crippen LogP contribution in [-0.4, -0.2) is 31.9 Å². The highest BCUT2D eigenvalue weighted by Crippen LogP contribution is 2.28. The fraction of sp³-hybridized carbons (Fsp3) is 0.500. The van der Waals surface area contributed by atoms with E-state index in [4.69, 9.17) is 16.0 Å². The molecule has 0 saturated heterocycles. The number of hydrogen-bond donors (Lipinski definition) is 1. The number of carbonyl (C=O) groups is 1. The summed E-state index contributed by atoms with van der Waals surface area (Å²) in [5.74, 6) is 0.740. The molecule has 2 aromatic rings. The quantitative estimate of drug-likeness (QED) is 0.482. The lowest BCUT2D eigenvalue weighted by atomic mass is 10.0. The molecule has 1 fully saturated rings. The van der Waals surface area contributed by atoms with Crippen molar-refractivity contribution >= 4 is 39.1 Å². The minimum Gasteiger partial charge on any atom is -0.455 e. The van der Waals surface area contributed by atoms with Gasteiger partial charge in [-0.1, -0.05) is 43.0 Å². The van der Waals surface area contributed by atoms with E-state index in [1.54, 1.807) is 30.3 Å². The van der Waals surface area contributed by atoms with E-state index in [9.17, 15) is 13.2 Å². The number of thioether (sulfide) groups is 1. The van der Waals surface area contributed by atoms with Gasteiger partial charge in [0.05, 0.1) is 5.75 Å². The number of benzene rings is 1. The van der Waals surface area contributed by atoms with E-state index in [1.807, 2.05) is 11.8 Å². The number of nitrogens with one attached hydrogen (secondary N) is 1. The highest BCUT2D eigenvalue weighted by atomic mass is 35.5. The molecule has 1 amide bonds. The minimum atomic E-state index is -3.44. The van der Waals surface area contributed by atoms with Crippen molar-refractivity contribution in [2.24, 2.45) is 0 Å². The lowest BCUT2D eigenvalue weighted by molar-refractivity contribution is 0.0924. The summed E-state index contributed by atoms with van der Waals surface area (Å²) in [4.78, 5) is 12.2. The van der Waals surface area contributed by atoms with Gasteiger partial charge in [-0.05, 0) is 54.8 Å². The Balaban J connectivity index is 1.41. The Labute approximate surface area is 187 Å². The zero-order chi connectivity index (χ0) is 21.4. The van der Waals surface area contributed by atoms with Crippen LogP contribution < -0.4 is 5.32 Å². The monoisotopic (exact) mass is 469 g/mol. The summed E-state index contributed by atoms with van der Waals surface area (Å²) in [6.07, 6.45) is 7.57. The van der Waals surface area contributed by atoms with Gasteiger partial charge in [0.1, 0.15) is 11.5 Å². The predicted molar refractivity (Wildman–Crippen MR) is 123 cm³/mol. The third-order valence-corrected chi connectivity index (χ3v) is 8.24. The topological polar surface area (TPSA) is 76.4 Å². The molecular weight excluding hydrogens is 442 g/mol. The molecule has 1 N–H and O–H groups in total. The molecule has 0 aliphatic heterocycles. The Morgan fingerprint density at radius 3 is 2.70 bits per heavy atom. The van der Waals surface area contributed by atoms with Crippen LogP contribution in [0.3, 0.4) is 0 Å². The number of halogens is 1. The zero-order valence-electron chi connectivity index (χ0n) is 16.9. The first-order valence-electron chi connectivity index (χ1n) is 10.3. The second-order valence-corrected chi connectivity index (χ2v) is 11.6. The second kappa shape index (κ2) is 11.3. The molecule has 0 atom stereocenters. The van der Waals surface area contributed by atoms with Crippen LogP contribution in [0.1, 0.15) is 60.4 Å². The average molecular weight is 470 g/mol. The van der Waals surface area contributed by atoms with E-state index in [-0.39, 0.29) is 28.9 Å². The fourth-order valence-corrected chi connectivity index (χ4v) is 6.47. The van der Waals surface area contributed by atoms with E-state index in [1.165, 1.54) is 38.2 Å². The Kier molecular flexibility index (Phi) is 8.72. The summed E-state index contributed by atoms with van der Waals surface area (Å²) in [6.45, 7) is 0.585. The van der Waals surface area contributed by atoms with Gasteiger partial charge in [-0.2, -0.15) is 11.8 Å². The van der Waals surface area contributed by atoms with Crippen molar-refractivity contribution in [3.8, 4) is 0 Å². The van der Waals surface area contributed by atoms with Crippen LogP contribution in [0, 0.1) is 0 Å². The number of furan rings is 1. The molecule has 1 saturated carbocycles. The molecule has 1 aliphatic rings. The third kappa shape index (κ3) is 7.67. The maximum absolute atomic E-state index is 12.4. The summed E-state index contributed by atoms with van der Waals surface area (Å²) in [5.41, 5.74) is 0.623. The van der Waals surface area contributed by atoms with Crippen molar-refractivity contribution < 1.29 is 17.6 Å². The summed E-state index contributed by atoms with van der Waals surface area (Å²) in [6, 6.07) is 9.84. The molecule has 1 aromatic heterocycles. The third-order valence-electron chi connectivity index (χ3n) is 5.04. The Hall–Kier alpha value is -1.44. The van der Waals surface area contributed by atoms with Gasteiger partial charge < -0.3 is 9.73 Å². The molecule has 0 unspecified atom stereocenters. The van der Waals surface area contributed by atoms with Crippen molar-refractivity contribution in [2.45, 2.75) is 55.3 Å². The molecule has 3 rings (SSSR count). The standard InChI is InChI=1S/C22H28ClNO4S2/c23-18-7-4-6-17(14-18)15-30(26,27)16-19-10-11-21(28-19)22(25)24-12-5-13-29-20-8-2-1-3-9-20/h4,6-7,10-11,14,20H,1-3,5,8-9,12-13,15-16H2,(H,24,25). The van der Waals surface area contributed by atoms with Crippen LogP contribution in [0.4, 0.5) is 0 Å². The van der Waals surface area contributed by atoms with Crippen molar-refractivity contribution in [2.75, 3.05) is 12.3 Å². The Morgan fingerprint density at radius 2 is 1.93 bits per heavy atom. The van der Waals surface area contributed by atoms with Crippen LogP contribution in [0.15, 0.2) is 40.8 Å². The maximum atomic E-state index is 12.4. The van der Waals surface area contributed by atoms with Crippen molar-refractivity contribution in [3.05, 3.63) is 58.5 Å². The number of carbonyl (C=O) groups excluding carboxylic acids is 1. The predicted octanol–water partition coefficient (Wildman–Crippen LogP) is 5.23. The summed E-state index contributed by atoms with van der Waals surface area (Å²) >= 11 is 7.92. The molecule has 164 valence electrons. The van der Waals surface area contributed by atoms with Crippen LogP contribution in [-0.2, 0) is 21.3 Å². The van der Waals surface area contributed by atoms with Crippen LogP contribution in [0.2, 0.25) is 5.02 Å². The molecule has 1 aromatic carbocycles. The normalized spacial score (nSPS) is 15.2. The minimum absolute atomic E-state index is 0.131. The molecule has 30 heavy (non-hydrogen) atoms. The van der Waals surface area contributed by atoms with E-state index < -0.39 is 9.84 Å². The summed E-state index contributed by atoms with van der Waals surface area (Å²) < 4.78 is 30.3. The van der Waals surface area contributed by atoms with Crippen molar-refractivity contribution in [3.63, 3.8) is 0 Å². The van der Waals surface area contributed by atoms with Crippen molar-refractivity contribution in [1.29, 1.82) is 0 Å². The first-order valence-corrected chi connectivity index (χ1v) is 13.6. The molecule has 5 nitrogen and oxygen atoms in total. The van der Waals surface area contributed by atoms with Crippen LogP contribution >= 0.6 is 23.4 Å². The smallest absolute Gasteiger partial charge is 0.286 e. The number of amides is 1. The first-order chi connectivity index (χ1) is 14.4. The Morgan fingerprint density at radius 1 is 1.13 bits per heavy atom. The highest BCUT2D eigenvalue weighted by molar-refractivity contribution is 7.99. The van der Waals surface area contributed by atoms with Crippen LogP contribution in [0.25, 0.3) is 0 Å². The fourth-order valence-electron chi connectivity index (χ4n) is 3.57. The van der Waals surface area contributed by atoms with E-state index in [0.717, 1.165) is 17.4 Å². The average Bonchev–Trinajstić information content (AvgIpc) is 3.16. The number of rotatable bonds is 10. The van der Waals surface area contributed by atoms with Gasteiger partial charge in [-0.25, -0.2) is 8.42 Å². The molecule has 0 spiro atoms. The van der Waals surface area contributed by atoms with E-state index in [0.29, 0.717) is 17.1 Å². The lowest BCUT2D eigenvalue weighted by Gasteiger charge is -2.20. The van der Waals surface area contributed by atoms with Crippen molar-refractivity contribution in [1.82, 2.24) is 5.32 Å². The lowest BCUT2D eigenvalue weighted by Crippen LogP contribution is -2.24.